The van der Waals surface area contributed by atoms with E-state index in [9.17, 15) is 5.11 Å². The van der Waals surface area contributed by atoms with E-state index in [1.165, 1.54) is 69.8 Å². The van der Waals surface area contributed by atoms with Gasteiger partial charge in [-0.2, -0.15) is 0 Å². The molecule has 3 fully saturated rings. The molecule has 0 aromatic carbocycles. The summed E-state index contributed by atoms with van der Waals surface area (Å²) in [5, 5.41) is 11.0. The van der Waals surface area contributed by atoms with Gasteiger partial charge in [0.25, 0.3) is 0 Å². The van der Waals surface area contributed by atoms with Gasteiger partial charge in [-0.25, -0.2) is 0 Å². The molecule has 176 valence electrons. The van der Waals surface area contributed by atoms with E-state index in [-0.39, 0.29) is 0 Å². The molecular weight excluding hydrogens is 390 g/mol. The van der Waals surface area contributed by atoms with E-state index < -0.39 is 5.60 Å². The number of aryl methyl sites for hydroxylation is 1. The number of unbranched alkanes of at least 4 members (excludes halogenated alkanes) is 1. The summed E-state index contributed by atoms with van der Waals surface area (Å²) in [5.41, 5.74) is 3.49. The summed E-state index contributed by atoms with van der Waals surface area (Å²) in [4.78, 5) is 4.27. The number of hydrogen-bond acceptors (Lipinski definition) is 2. The molecule has 0 aliphatic heterocycles. The number of rotatable bonds is 6. The van der Waals surface area contributed by atoms with Crippen LogP contribution in [0.25, 0.3) is 0 Å². The smallest absolute Gasteiger partial charge is 0.0682 e. The van der Waals surface area contributed by atoms with Crippen molar-refractivity contribution in [3.8, 4) is 0 Å². The van der Waals surface area contributed by atoms with Crippen LogP contribution >= 0.6 is 0 Å². The summed E-state index contributed by atoms with van der Waals surface area (Å²) in [5.74, 6) is 3.59. The molecule has 4 unspecified atom stereocenters. The zero-order valence-electron chi connectivity index (χ0n) is 20.8. The normalized spacial score (nSPS) is 43.2. The molecule has 5 rings (SSSR count). The van der Waals surface area contributed by atoms with Crippen LogP contribution in [0.1, 0.15) is 103 Å². The summed E-state index contributed by atoms with van der Waals surface area (Å²) in [6, 6.07) is 4.29. The van der Waals surface area contributed by atoms with Crippen LogP contribution in [0.5, 0.6) is 0 Å². The lowest BCUT2D eigenvalue weighted by Gasteiger charge is -2.59. The lowest BCUT2D eigenvalue weighted by molar-refractivity contribution is -0.0716. The molecule has 7 atom stereocenters. The van der Waals surface area contributed by atoms with Crippen LogP contribution < -0.4 is 0 Å². The Morgan fingerprint density at radius 1 is 1.06 bits per heavy atom. The van der Waals surface area contributed by atoms with Gasteiger partial charge in [-0.05, 0) is 123 Å². The van der Waals surface area contributed by atoms with Crippen molar-refractivity contribution in [3.63, 3.8) is 0 Å². The van der Waals surface area contributed by atoms with Gasteiger partial charge < -0.3 is 5.11 Å². The molecule has 0 radical (unpaired) electrons. The molecule has 0 spiro atoms. The minimum atomic E-state index is -0.435. The van der Waals surface area contributed by atoms with E-state index in [1.807, 2.05) is 12.4 Å². The second kappa shape index (κ2) is 8.57. The van der Waals surface area contributed by atoms with Crippen LogP contribution in [0.2, 0.25) is 0 Å². The highest BCUT2D eigenvalue weighted by molar-refractivity contribution is 5.27. The lowest BCUT2D eigenvalue weighted by atomic mass is 9.46. The highest BCUT2D eigenvalue weighted by Gasteiger charge is 2.59. The molecule has 2 heteroatoms. The topological polar surface area (TPSA) is 33.1 Å². The van der Waals surface area contributed by atoms with Crippen molar-refractivity contribution in [1.82, 2.24) is 4.98 Å². The van der Waals surface area contributed by atoms with Crippen molar-refractivity contribution >= 4 is 0 Å². The molecule has 1 aromatic rings. The largest absolute Gasteiger partial charge is 0.390 e. The standard InChI is InChI=1S/C30H45NO/c1-4-30(32)18-17-29(3)24(20-30)11-13-25-26-14-12-23(28(26,2)16-15-27(25)29)10-6-5-8-22-9-7-19-31-21-22/h7,9,11,19,21,23,25-27,32H,4-6,8,10,12-18,20H2,1-3H3/t23?,25?,26-,27-,28?,29?,30-/m0/s1. The highest BCUT2D eigenvalue weighted by atomic mass is 16.3. The fourth-order valence-electron chi connectivity index (χ4n) is 8.86. The Bertz CT molecular complexity index is 832. The van der Waals surface area contributed by atoms with Crippen LogP contribution in [0, 0.1) is 34.5 Å². The Hall–Kier alpha value is -1.15. The lowest BCUT2D eigenvalue weighted by Crippen LogP contribution is -2.52. The number of aromatic nitrogens is 1. The van der Waals surface area contributed by atoms with E-state index in [1.54, 1.807) is 5.57 Å². The zero-order chi connectivity index (χ0) is 22.4. The first kappa shape index (κ1) is 22.6. The molecular formula is C30H45NO. The van der Waals surface area contributed by atoms with Gasteiger partial charge in [-0.1, -0.05) is 44.9 Å². The monoisotopic (exact) mass is 435 g/mol. The van der Waals surface area contributed by atoms with Gasteiger partial charge in [0.2, 0.25) is 0 Å². The van der Waals surface area contributed by atoms with Gasteiger partial charge in [0.05, 0.1) is 5.60 Å². The minimum Gasteiger partial charge on any atom is -0.390 e. The van der Waals surface area contributed by atoms with E-state index in [2.05, 4.69) is 44.0 Å². The maximum atomic E-state index is 11.0. The number of allylic oxidation sites excluding steroid dienone is 1. The Labute approximate surface area is 196 Å². The number of pyridine rings is 1. The van der Waals surface area contributed by atoms with E-state index in [0.29, 0.717) is 10.8 Å². The molecule has 1 aromatic heterocycles. The number of fused-ring (bicyclic) bond motifs is 5. The number of hydrogen-bond donors (Lipinski definition) is 1. The zero-order valence-corrected chi connectivity index (χ0v) is 20.8. The maximum Gasteiger partial charge on any atom is 0.0682 e. The molecule has 4 aliphatic carbocycles. The van der Waals surface area contributed by atoms with Gasteiger partial charge in [-0.3, -0.25) is 4.98 Å². The summed E-state index contributed by atoms with van der Waals surface area (Å²) in [6.45, 7) is 7.40. The van der Waals surface area contributed by atoms with Crippen LogP contribution in [-0.2, 0) is 6.42 Å². The summed E-state index contributed by atoms with van der Waals surface area (Å²) in [7, 11) is 0. The van der Waals surface area contributed by atoms with Crippen LogP contribution in [-0.4, -0.2) is 15.7 Å². The van der Waals surface area contributed by atoms with Gasteiger partial charge in [0.15, 0.2) is 0 Å². The quantitative estimate of drug-likeness (QED) is 0.370. The third-order valence-electron chi connectivity index (χ3n) is 11.1. The molecule has 1 heterocycles. The van der Waals surface area contributed by atoms with Gasteiger partial charge in [-0.15, -0.1) is 0 Å². The van der Waals surface area contributed by atoms with Crippen LogP contribution in [0.4, 0.5) is 0 Å². The minimum absolute atomic E-state index is 0.355. The van der Waals surface area contributed by atoms with Crippen molar-refractivity contribution in [1.29, 1.82) is 0 Å². The second-order valence-electron chi connectivity index (χ2n) is 12.4. The molecule has 4 aliphatic rings. The van der Waals surface area contributed by atoms with Crippen molar-refractivity contribution in [2.24, 2.45) is 34.5 Å². The molecule has 3 saturated carbocycles. The molecule has 2 nitrogen and oxygen atoms in total. The van der Waals surface area contributed by atoms with Gasteiger partial charge in [0, 0.05) is 12.4 Å². The first-order valence-corrected chi connectivity index (χ1v) is 13.7. The van der Waals surface area contributed by atoms with Crippen molar-refractivity contribution in [2.75, 3.05) is 0 Å². The maximum absolute atomic E-state index is 11.0. The predicted molar refractivity (Wildman–Crippen MR) is 132 cm³/mol. The van der Waals surface area contributed by atoms with E-state index in [4.69, 9.17) is 0 Å². The Kier molecular flexibility index (Phi) is 6.06. The van der Waals surface area contributed by atoms with Crippen LogP contribution in [0.15, 0.2) is 36.2 Å². The third kappa shape index (κ3) is 3.79. The molecule has 1 N–H and O–H groups in total. The van der Waals surface area contributed by atoms with E-state index >= 15 is 0 Å². The van der Waals surface area contributed by atoms with Crippen molar-refractivity contribution in [2.45, 2.75) is 110 Å². The average molecular weight is 436 g/mol. The third-order valence-corrected chi connectivity index (χ3v) is 11.1. The van der Waals surface area contributed by atoms with Gasteiger partial charge in [0.1, 0.15) is 0 Å². The number of aliphatic hydroxyl groups is 1. The molecule has 0 bridgehead atoms. The second-order valence-corrected chi connectivity index (χ2v) is 12.4. The fraction of sp³-hybridized carbons (Fsp3) is 0.767. The van der Waals surface area contributed by atoms with E-state index in [0.717, 1.165) is 42.9 Å². The Morgan fingerprint density at radius 3 is 2.72 bits per heavy atom. The summed E-state index contributed by atoms with van der Waals surface area (Å²) >= 11 is 0. The van der Waals surface area contributed by atoms with Crippen molar-refractivity contribution < 1.29 is 5.11 Å². The molecule has 0 amide bonds. The van der Waals surface area contributed by atoms with Gasteiger partial charge >= 0.3 is 0 Å². The van der Waals surface area contributed by atoms with Crippen molar-refractivity contribution in [3.05, 3.63) is 41.7 Å². The highest BCUT2D eigenvalue weighted by Crippen LogP contribution is 2.67. The number of nitrogens with zero attached hydrogens (tertiary/aromatic N) is 1. The average Bonchev–Trinajstić information content (AvgIpc) is 3.14. The molecule has 32 heavy (non-hydrogen) atoms. The summed E-state index contributed by atoms with van der Waals surface area (Å²) < 4.78 is 0. The Morgan fingerprint density at radius 2 is 1.94 bits per heavy atom. The fourth-order valence-corrected chi connectivity index (χ4v) is 8.86. The van der Waals surface area contributed by atoms with Crippen LogP contribution in [0.3, 0.4) is 0 Å². The SMILES string of the molecule is CC[C@]1(O)CCC2(C)C(=CCC3[C@@H]2CCC2(C)C(CCCCc4cccnc4)CC[C@@H]32)C1. The summed E-state index contributed by atoms with van der Waals surface area (Å²) in [6.07, 6.45) is 22.9. The predicted octanol–water partition coefficient (Wildman–Crippen LogP) is 7.51. The first-order valence-electron chi connectivity index (χ1n) is 13.7. The first-order chi connectivity index (χ1) is 15.4. The Balaban J connectivity index is 1.24. The molecule has 0 saturated heterocycles.